The van der Waals surface area contributed by atoms with Gasteiger partial charge >= 0.3 is 5.97 Å². The van der Waals surface area contributed by atoms with Crippen molar-refractivity contribution in [2.24, 2.45) is 5.92 Å². The van der Waals surface area contributed by atoms with E-state index >= 15 is 0 Å². The Bertz CT molecular complexity index is 379. The van der Waals surface area contributed by atoms with Gasteiger partial charge in [-0.1, -0.05) is 20.3 Å². The fraction of sp³-hybridized carbons (Fsp3) is 0.417. The first kappa shape index (κ1) is 13.0. The first-order valence-corrected chi connectivity index (χ1v) is 6.18. The van der Waals surface area contributed by atoms with Gasteiger partial charge in [-0.3, -0.25) is 0 Å². The Morgan fingerprint density at radius 3 is 2.81 bits per heavy atom. The van der Waals surface area contributed by atoms with E-state index in [9.17, 15) is 9.18 Å². The van der Waals surface area contributed by atoms with Crippen LogP contribution in [-0.2, 0) is 0 Å². The summed E-state index contributed by atoms with van der Waals surface area (Å²) in [4.78, 5) is 11.5. The molecule has 0 spiro atoms. The lowest BCUT2D eigenvalue weighted by Gasteiger charge is -2.08. The maximum atomic E-state index is 13.1. The summed E-state index contributed by atoms with van der Waals surface area (Å²) in [6.45, 7) is 4.24. The van der Waals surface area contributed by atoms with Crippen LogP contribution in [0.4, 0.5) is 4.39 Å². The van der Waals surface area contributed by atoms with Crippen molar-refractivity contribution in [1.29, 1.82) is 0 Å². The predicted octanol–water partition coefficient (Wildman–Crippen LogP) is 3.66. The SMILES string of the molecule is CCC(C)CSc1ccc(F)c(C(=O)O)c1. The lowest BCUT2D eigenvalue weighted by Crippen LogP contribution is -2.01. The summed E-state index contributed by atoms with van der Waals surface area (Å²) in [7, 11) is 0. The number of aromatic carboxylic acids is 1. The molecule has 0 fully saturated rings. The van der Waals surface area contributed by atoms with Gasteiger partial charge in [0, 0.05) is 10.6 Å². The Kier molecular flexibility index (Phi) is 4.80. The van der Waals surface area contributed by atoms with Crippen LogP contribution in [0.3, 0.4) is 0 Å². The Hall–Kier alpha value is -1.03. The molecule has 0 aromatic heterocycles. The minimum atomic E-state index is -1.22. The second kappa shape index (κ2) is 5.89. The van der Waals surface area contributed by atoms with E-state index in [1.54, 1.807) is 17.8 Å². The van der Waals surface area contributed by atoms with E-state index in [-0.39, 0.29) is 5.56 Å². The fourth-order valence-corrected chi connectivity index (χ4v) is 2.19. The van der Waals surface area contributed by atoms with Gasteiger partial charge in [0.1, 0.15) is 5.82 Å². The van der Waals surface area contributed by atoms with Crippen LogP contribution in [0.1, 0.15) is 30.6 Å². The highest BCUT2D eigenvalue weighted by Crippen LogP contribution is 2.24. The number of benzene rings is 1. The normalized spacial score (nSPS) is 12.4. The van der Waals surface area contributed by atoms with Crippen LogP contribution in [-0.4, -0.2) is 16.8 Å². The van der Waals surface area contributed by atoms with Gasteiger partial charge in [-0.05, 0) is 24.1 Å². The van der Waals surface area contributed by atoms with E-state index in [1.807, 2.05) is 0 Å². The van der Waals surface area contributed by atoms with E-state index in [0.29, 0.717) is 5.92 Å². The Balaban J connectivity index is 2.75. The molecule has 1 rings (SSSR count). The summed E-state index contributed by atoms with van der Waals surface area (Å²) >= 11 is 1.56. The minimum Gasteiger partial charge on any atom is -0.478 e. The molecule has 1 atom stereocenters. The van der Waals surface area contributed by atoms with Gasteiger partial charge in [0.05, 0.1) is 5.56 Å². The van der Waals surface area contributed by atoms with Gasteiger partial charge in [0.15, 0.2) is 0 Å². The fourth-order valence-electron chi connectivity index (χ4n) is 1.11. The zero-order valence-electron chi connectivity index (χ0n) is 9.37. The van der Waals surface area contributed by atoms with Gasteiger partial charge in [-0.2, -0.15) is 0 Å². The molecule has 88 valence electrons. The summed E-state index contributed by atoms with van der Waals surface area (Å²) in [5, 5.41) is 8.76. The quantitative estimate of drug-likeness (QED) is 0.800. The highest BCUT2D eigenvalue weighted by atomic mass is 32.2. The van der Waals surface area contributed by atoms with Gasteiger partial charge in [0.25, 0.3) is 0 Å². The molecule has 0 aliphatic heterocycles. The average Bonchev–Trinajstić information content (AvgIpc) is 2.27. The van der Waals surface area contributed by atoms with Crippen molar-refractivity contribution in [1.82, 2.24) is 0 Å². The van der Waals surface area contributed by atoms with Gasteiger partial charge in [-0.25, -0.2) is 9.18 Å². The van der Waals surface area contributed by atoms with Crippen molar-refractivity contribution in [2.45, 2.75) is 25.2 Å². The number of rotatable bonds is 5. The minimum absolute atomic E-state index is 0.255. The Morgan fingerprint density at radius 2 is 2.25 bits per heavy atom. The molecule has 1 N–H and O–H groups in total. The third kappa shape index (κ3) is 3.52. The molecule has 0 saturated heterocycles. The molecule has 1 aromatic rings. The number of carboxylic acids is 1. The standard InChI is InChI=1S/C12H15FO2S/c1-3-8(2)7-16-9-4-5-11(13)10(6-9)12(14)15/h4-6,8H,3,7H2,1-2H3,(H,14,15). The molecule has 2 nitrogen and oxygen atoms in total. The van der Waals surface area contributed by atoms with E-state index in [0.717, 1.165) is 17.1 Å². The molecule has 0 aliphatic carbocycles. The highest BCUT2D eigenvalue weighted by molar-refractivity contribution is 7.99. The third-order valence-corrected chi connectivity index (χ3v) is 3.72. The maximum Gasteiger partial charge on any atom is 0.338 e. The number of thioether (sulfide) groups is 1. The van der Waals surface area contributed by atoms with E-state index < -0.39 is 11.8 Å². The summed E-state index contributed by atoms with van der Waals surface area (Å²) in [6.07, 6.45) is 1.08. The molecular weight excluding hydrogens is 227 g/mol. The molecule has 1 aromatic carbocycles. The Morgan fingerprint density at radius 1 is 1.56 bits per heavy atom. The molecule has 0 radical (unpaired) electrons. The summed E-state index contributed by atoms with van der Waals surface area (Å²) in [5.41, 5.74) is -0.255. The van der Waals surface area contributed by atoms with Crippen molar-refractivity contribution < 1.29 is 14.3 Å². The number of hydrogen-bond donors (Lipinski definition) is 1. The van der Waals surface area contributed by atoms with Crippen LogP contribution in [0.2, 0.25) is 0 Å². The summed E-state index contributed by atoms with van der Waals surface area (Å²) < 4.78 is 13.1. The lowest BCUT2D eigenvalue weighted by atomic mass is 10.2. The summed E-state index contributed by atoms with van der Waals surface area (Å²) in [5.74, 6) is -0.409. The number of carboxylic acid groups (broad SMARTS) is 1. The molecule has 0 bridgehead atoms. The zero-order valence-corrected chi connectivity index (χ0v) is 10.2. The number of hydrogen-bond acceptors (Lipinski definition) is 2. The summed E-state index contributed by atoms with van der Waals surface area (Å²) in [6, 6.07) is 4.22. The molecule has 1 unspecified atom stereocenters. The molecular formula is C12H15FO2S. The monoisotopic (exact) mass is 242 g/mol. The van der Waals surface area contributed by atoms with Crippen LogP contribution in [0.15, 0.2) is 23.1 Å². The first-order valence-electron chi connectivity index (χ1n) is 5.20. The van der Waals surface area contributed by atoms with Crippen molar-refractivity contribution in [3.05, 3.63) is 29.6 Å². The molecule has 4 heteroatoms. The zero-order chi connectivity index (χ0) is 12.1. The lowest BCUT2D eigenvalue weighted by molar-refractivity contribution is 0.0691. The van der Waals surface area contributed by atoms with Crippen molar-refractivity contribution in [2.75, 3.05) is 5.75 Å². The maximum absolute atomic E-state index is 13.1. The molecule has 0 saturated carbocycles. The predicted molar refractivity (Wildman–Crippen MR) is 63.5 cm³/mol. The second-order valence-corrected chi connectivity index (χ2v) is 4.86. The second-order valence-electron chi connectivity index (χ2n) is 3.77. The van der Waals surface area contributed by atoms with E-state index in [2.05, 4.69) is 13.8 Å². The van der Waals surface area contributed by atoms with Crippen LogP contribution in [0, 0.1) is 11.7 Å². The molecule has 0 heterocycles. The average molecular weight is 242 g/mol. The molecule has 0 amide bonds. The highest BCUT2D eigenvalue weighted by Gasteiger charge is 2.11. The van der Waals surface area contributed by atoms with Crippen LogP contribution >= 0.6 is 11.8 Å². The van der Waals surface area contributed by atoms with Crippen molar-refractivity contribution in [3.8, 4) is 0 Å². The van der Waals surface area contributed by atoms with Crippen LogP contribution in [0.25, 0.3) is 0 Å². The van der Waals surface area contributed by atoms with E-state index in [4.69, 9.17) is 5.11 Å². The van der Waals surface area contributed by atoms with Crippen LogP contribution < -0.4 is 0 Å². The van der Waals surface area contributed by atoms with Gasteiger partial charge in [0.2, 0.25) is 0 Å². The largest absolute Gasteiger partial charge is 0.478 e. The van der Waals surface area contributed by atoms with Gasteiger partial charge < -0.3 is 5.11 Å². The third-order valence-electron chi connectivity index (χ3n) is 2.40. The Labute approximate surface area is 98.9 Å². The number of halogens is 1. The van der Waals surface area contributed by atoms with Crippen LogP contribution in [0.5, 0.6) is 0 Å². The number of carbonyl (C=O) groups is 1. The van der Waals surface area contributed by atoms with E-state index in [1.165, 1.54) is 12.1 Å². The first-order chi connectivity index (χ1) is 7.54. The van der Waals surface area contributed by atoms with Crippen molar-refractivity contribution in [3.63, 3.8) is 0 Å². The topological polar surface area (TPSA) is 37.3 Å². The van der Waals surface area contributed by atoms with Crippen molar-refractivity contribution >= 4 is 17.7 Å². The molecule has 0 aliphatic rings. The smallest absolute Gasteiger partial charge is 0.338 e. The molecule has 16 heavy (non-hydrogen) atoms. The van der Waals surface area contributed by atoms with Gasteiger partial charge in [-0.15, -0.1) is 11.8 Å².